The third-order valence-corrected chi connectivity index (χ3v) is 7.29. The molecule has 5 nitrogen and oxygen atoms in total. The predicted octanol–water partition coefficient (Wildman–Crippen LogP) is 5.83. The zero-order valence-corrected chi connectivity index (χ0v) is 18.1. The molecule has 160 valence electrons. The van der Waals surface area contributed by atoms with Crippen LogP contribution in [0.4, 0.5) is 0 Å². The molecule has 3 aromatic carbocycles. The van der Waals surface area contributed by atoms with Crippen molar-refractivity contribution < 1.29 is 9.66 Å². The SMILES string of the molecule is O=[N+]([O-])[C@@]12CCc3c(c4cc(Cl)ccc4n3Cc3ccccc3)[C@@H]1c1ccccc1OC2. The molecule has 0 fully saturated rings. The monoisotopic (exact) mass is 444 g/mol. The zero-order chi connectivity index (χ0) is 21.9. The summed E-state index contributed by atoms with van der Waals surface area (Å²) in [6.45, 7) is 0.789. The molecule has 0 N–H and O–H groups in total. The Morgan fingerprint density at radius 2 is 1.88 bits per heavy atom. The van der Waals surface area contributed by atoms with E-state index in [1.807, 2.05) is 60.7 Å². The van der Waals surface area contributed by atoms with Gasteiger partial charge in [0.25, 0.3) is 5.54 Å². The molecule has 2 aliphatic rings. The van der Waals surface area contributed by atoms with Crippen LogP contribution in [0.15, 0.2) is 72.8 Å². The molecule has 1 aromatic heterocycles. The van der Waals surface area contributed by atoms with Gasteiger partial charge in [0.05, 0.1) is 5.92 Å². The van der Waals surface area contributed by atoms with Crippen molar-refractivity contribution in [3.05, 3.63) is 110 Å². The van der Waals surface area contributed by atoms with Crippen LogP contribution in [0.2, 0.25) is 5.02 Å². The molecular formula is C26H21ClN2O3. The van der Waals surface area contributed by atoms with Crippen LogP contribution in [0, 0.1) is 10.1 Å². The third kappa shape index (κ3) is 2.71. The number of para-hydroxylation sites is 1. The van der Waals surface area contributed by atoms with Crippen molar-refractivity contribution in [2.45, 2.75) is 30.8 Å². The van der Waals surface area contributed by atoms with Crippen LogP contribution in [0.1, 0.15) is 34.7 Å². The van der Waals surface area contributed by atoms with E-state index in [4.69, 9.17) is 16.3 Å². The fourth-order valence-corrected chi connectivity index (χ4v) is 5.77. The molecule has 0 amide bonds. The van der Waals surface area contributed by atoms with E-state index in [1.165, 1.54) is 5.56 Å². The molecule has 0 bridgehead atoms. The number of ether oxygens (including phenoxy) is 1. The molecule has 2 atom stereocenters. The van der Waals surface area contributed by atoms with Crippen molar-refractivity contribution in [3.8, 4) is 5.75 Å². The molecule has 0 saturated heterocycles. The smallest absolute Gasteiger partial charge is 0.266 e. The van der Waals surface area contributed by atoms with E-state index < -0.39 is 5.54 Å². The highest BCUT2D eigenvalue weighted by atomic mass is 35.5. The Morgan fingerprint density at radius 3 is 2.69 bits per heavy atom. The first kappa shape index (κ1) is 19.4. The van der Waals surface area contributed by atoms with E-state index >= 15 is 0 Å². The van der Waals surface area contributed by atoms with Gasteiger partial charge in [-0.1, -0.05) is 60.1 Å². The van der Waals surface area contributed by atoms with E-state index in [0.29, 0.717) is 24.4 Å². The van der Waals surface area contributed by atoms with Crippen LogP contribution in [-0.4, -0.2) is 21.6 Å². The number of rotatable bonds is 3. The molecule has 1 aliphatic carbocycles. The minimum absolute atomic E-state index is 0.0764. The highest BCUT2D eigenvalue weighted by Crippen LogP contribution is 2.53. The van der Waals surface area contributed by atoms with Crippen molar-refractivity contribution in [1.82, 2.24) is 4.57 Å². The summed E-state index contributed by atoms with van der Waals surface area (Å²) >= 11 is 6.44. The fourth-order valence-electron chi connectivity index (χ4n) is 5.59. The van der Waals surface area contributed by atoms with Crippen LogP contribution in [0.3, 0.4) is 0 Å². The normalized spacial score (nSPS) is 21.3. The summed E-state index contributed by atoms with van der Waals surface area (Å²) in [4.78, 5) is 12.4. The highest BCUT2D eigenvalue weighted by Gasteiger charge is 2.59. The Labute approximate surface area is 190 Å². The molecule has 0 saturated carbocycles. The molecule has 4 aromatic rings. The van der Waals surface area contributed by atoms with E-state index in [0.717, 1.165) is 33.5 Å². The van der Waals surface area contributed by atoms with Gasteiger partial charge in [0.1, 0.15) is 5.75 Å². The number of nitro groups is 1. The molecule has 0 unspecified atom stereocenters. The average Bonchev–Trinajstić information content (AvgIpc) is 3.11. The largest absolute Gasteiger partial charge is 0.486 e. The number of benzene rings is 3. The quantitative estimate of drug-likeness (QED) is 0.295. The van der Waals surface area contributed by atoms with Gasteiger partial charge in [0.2, 0.25) is 0 Å². The summed E-state index contributed by atoms with van der Waals surface area (Å²) in [6.07, 6.45) is 1.06. The summed E-state index contributed by atoms with van der Waals surface area (Å²) in [5.41, 5.74) is 4.14. The fraction of sp³-hybridized carbons (Fsp3) is 0.231. The predicted molar refractivity (Wildman–Crippen MR) is 124 cm³/mol. The molecular weight excluding hydrogens is 424 g/mol. The van der Waals surface area contributed by atoms with Gasteiger partial charge in [-0.25, -0.2) is 0 Å². The maximum absolute atomic E-state index is 12.5. The van der Waals surface area contributed by atoms with Crippen molar-refractivity contribution in [2.75, 3.05) is 6.61 Å². The lowest BCUT2D eigenvalue weighted by Crippen LogP contribution is -2.54. The van der Waals surface area contributed by atoms with Crippen LogP contribution in [-0.2, 0) is 13.0 Å². The molecule has 2 heterocycles. The minimum Gasteiger partial charge on any atom is -0.486 e. The number of fused-ring (bicyclic) bond motifs is 7. The Morgan fingerprint density at radius 1 is 1.09 bits per heavy atom. The van der Waals surface area contributed by atoms with Gasteiger partial charge >= 0.3 is 0 Å². The summed E-state index contributed by atoms with van der Waals surface area (Å²) in [6, 6.07) is 23.9. The lowest BCUT2D eigenvalue weighted by Gasteiger charge is -2.41. The number of hydrogen-bond donors (Lipinski definition) is 0. The Hall–Kier alpha value is -3.31. The Bertz CT molecular complexity index is 1360. The van der Waals surface area contributed by atoms with Crippen molar-refractivity contribution in [1.29, 1.82) is 0 Å². The number of nitrogens with zero attached hydrogens (tertiary/aromatic N) is 2. The highest BCUT2D eigenvalue weighted by molar-refractivity contribution is 6.31. The Balaban J connectivity index is 1.66. The van der Waals surface area contributed by atoms with Crippen molar-refractivity contribution >= 4 is 22.5 Å². The molecule has 6 heteroatoms. The van der Waals surface area contributed by atoms with E-state index in [1.54, 1.807) is 0 Å². The second kappa shape index (κ2) is 7.10. The van der Waals surface area contributed by atoms with E-state index in [2.05, 4.69) is 16.7 Å². The second-order valence-corrected chi connectivity index (χ2v) is 9.15. The summed E-state index contributed by atoms with van der Waals surface area (Å²) in [7, 11) is 0. The van der Waals surface area contributed by atoms with Gasteiger partial charge in [-0.3, -0.25) is 10.1 Å². The van der Waals surface area contributed by atoms with E-state index in [9.17, 15) is 10.1 Å². The van der Waals surface area contributed by atoms with E-state index in [-0.39, 0.29) is 17.4 Å². The average molecular weight is 445 g/mol. The minimum atomic E-state index is -1.18. The first-order valence-corrected chi connectivity index (χ1v) is 11.2. The van der Waals surface area contributed by atoms with Gasteiger partial charge in [0, 0.05) is 45.1 Å². The third-order valence-electron chi connectivity index (χ3n) is 7.05. The van der Waals surface area contributed by atoms with Gasteiger partial charge in [-0.2, -0.15) is 0 Å². The molecule has 0 spiro atoms. The summed E-state index contributed by atoms with van der Waals surface area (Å²) in [5.74, 6) is 0.345. The standard InChI is InChI=1S/C26H21ClN2O3/c27-18-10-11-21-20(14-18)24-22(28(21)15-17-6-2-1-3-7-17)12-13-26(29(30)31)16-32-23-9-5-4-8-19(23)25(24)26/h1-11,14,25H,12-13,15-16H2/t25-,26+/m0/s1. The van der Waals surface area contributed by atoms with Crippen LogP contribution in [0.25, 0.3) is 10.9 Å². The van der Waals surface area contributed by atoms with Crippen LogP contribution < -0.4 is 4.74 Å². The van der Waals surface area contributed by atoms with Gasteiger partial charge in [0.15, 0.2) is 6.61 Å². The summed E-state index contributed by atoms with van der Waals surface area (Å²) < 4.78 is 8.25. The number of hydrogen-bond acceptors (Lipinski definition) is 3. The van der Waals surface area contributed by atoms with Crippen molar-refractivity contribution in [3.63, 3.8) is 0 Å². The number of aromatic nitrogens is 1. The van der Waals surface area contributed by atoms with Crippen molar-refractivity contribution in [2.24, 2.45) is 0 Å². The maximum Gasteiger partial charge on any atom is 0.266 e. The topological polar surface area (TPSA) is 57.3 Å². The van der Waals surface area contributed by atoms with Gasteiger partial charge in [-0.15, -0.1) is 0 Å². The second-order valence-electron chi connectivity index (χ2n) is 8.71. The molecule has 32 heavy (non-hydrogen) atoms. The lowest BCUT2D eigenvalue weighted by atomic mass is 9.67. The van der Waals surface area contributed by atoms with Gasteiger partial charge < -0.3 is 9.30 Å². The first-order valence-electron chi connectivity index (χ1n) is 10.8. The number of halogens is 1. The lowest BCUT2D eigenvalue weighted by molar-refractivity contribution is -0.579. The van der Waals surface area contributed by atoms with Crippen LogP contribution >= 0.6 is 11.6 Å². The molecule has 6 rings (SSSR count). The van der Waals surface area contributed by atoms with Gasteiger partial charge in [-0.05, 0) is 41.8 Å². The Kier molecular flexibility index (Phi) is 4.30. The molecule has 0 radical (unpaired) electrons. The zero-order valence-electron chi connectivity index (χ0n) is 17.3. The maximum atomic E-state index is 12.5. The summed E-state index contributed by atoms with van der Waals surface area (Å²) in [5, 5.41) is 14.2. The first-order chi connectivity index (χ1) is 15.6. The van der Waals surface area contributed by atoms with Crippen LogP contribution in [0.5, 0.6) is 5.75 Å². The molecule has 1 aliphatic heterocycles.